The lowest BCUT2D eigenvalue weighted by atomic mass is 10.3. The van der Waals surface area contributed by atoms with Crippen LogP contribution in [-0.4, -0.2) is 28.7 Å². The summed E-state index contributed by atoms with van der Waals surface area (Å²) in [6, 6.07) is 1.88. The number of nitrogens with zero attached hydrogens (tertiary/aromatic N) is 2. The number of hydrogen-bond donors (Lipinski definition) is 2. The largest absolute Gasteiger partial charge is 0.382 e. The van der Waals surface area contributed by atoms with Crippen molar-refractivity contribution in [1.29, 1.82) is 0 Å². The molecule has 0 spiro atoms. The molecule has 4 nitrogen and oxygen atoms in total. The minimum atomic E-state index is 0.568. The van der Waals surface area contributed by atoms with Crippen LogP contribution in [0.4, 0.5) is 5.82 Å². The third-order valence-electron chi connectivity index (χ3n) is 1.98. The zero-order valence-corrected chi connectivity index (χ0v) is 8.38. The maximum absolute atomic E-state index is 5.49. The number of H-pyrrole nitrogens is 1. The van der Waals surface area contributed by atoms with Crippen molar-refractivity contribution in [2.24, 2.45) is 0 Å². The summed E-state index contributed by atoms with van der Waals surface area (Å²) < 4.78 is 0. The average molecular weight is 182 g/mol. The van der Waals surface area contributed by atoms with E-state index in [1.54, 1.807) is 0 Å². The number of aromatic nitrogens is 2. The number of aromatic amines is 1. The Labute approximate surface area is 79.1 Å². The highest BCUT2D eigenvalue weighted by Crippen LogP contribution is 2.04. The molecule has 1 heterocycles. The molecule has 0 fully saturated rings. The van der Waals surface area contributed by atoms with Crippen molar-refractivity contribution < 1.29 is 0 Å². The molecule has 74 valence electrons. The molecule has 0 aliphatic carbocycles. The number of nitrogen functional groups attached to an aromatic ring is 1. The van der Waals surface area contributed by atoms with E-state index in [0.29, 0.717) is 5.82 Å². The topological polar surface area (TPSA) is 57.9 Å². The number of nitrogens with one attached hydrogen (secondary N) is 1. The number of hydrogen-bond acceptors (Lipinski definition) is 3. The van der Waals surface area contributed by atoms with Crippen LogP contribution >= 0.6 is 0 Å². The lowest BCUT2D eigenvalue weighted by Gasteiger charge is -2.14. The molecule has 1 aromatic rings. The van der Waals surface area contributed by atoms with Crippen LogP contribution in [-0.2, 0) is 6.54 Å². The van der Waals surface area contributed by atoms with Gasteiger partial charge in [-0.15, -0.1) is 0 Å². The molecule has 0 amide bonds. The van der Waals surface area contributed by atoms with Crippen LogP contribution in [0.15, 0.2) is 6.07 Å². The second-order valence-corrected chi connectivity index (χ2v) is 3.41. The first-order valence-corrected chi connectivity index (χ1v) is 4.70. The van der Waals surface area contributed by atoms with Gasteiger partial charge >= 0.3 is 0 Å². The second-order valence-electron chi connectivity index (χ2n) is 3.41. The molecule has 0 aliphatic rings. The highest BCUT2D eigenvalue weighted by atomic mass is 15.2. The lowest BCUT2D eigenvalue weighted by molar-refractivity contribution is 0.317. The summed E-state index contributed by atoms with van der Waals surface area (Å²) in [5.74, 6) is 0.568. The van der Waals surface area contributed by atoms with Crippen LogP contribution < -0.4 is 5.73 Å². The van der Waals surface area contributed by atoms with E-state index in [-0.39, 0.29) is 0 Å². The Morgan fingerprint density at radius 1 is 1.62 bits per heavy atom. The number of unbranched alkanes of at least 4 members (excludes halogenated alkanes) is 1. The van der Waals surface area contributed by atoms with Crippen molar-refractivity contribution in [2.45, 2.75) is 26.3 Å². The SMILES string of the molecule is CCCCN(C)Cc1cc(N)n[nH]1. The predicted molar refractivity (Wildman–Crippen MR) is 54.2 cm³/mol. The van der Waals surface area contributed by atoms with Gasteiger partial charge in [0.05, 0.1) is 5.69 Å². The summed E-state index contributed by atoms with van der Waals surface area (Å²) >= 11 is 0. The van der Waals surface area contributed by atoms with Crippen LogP contribution in [0.5, 0.6) is 0 Å². The molecule has 0 radical (unpaired) electrons. The highest BCUT2D eigenvalue weighted by Gasteiger charge is 2.01. The molecule has 0 aliphatic heterocycles. The van der Waals surface area contributed by atoms with Crippen molar-refractivity contribution >= 4 is 5.82 Å². The third-order valence-corrected chi connectivity index (χ3v) is 1.98. The van der Waals surface area contributed by atoms with Gasteiger partial charge < -0.3 is 10.6 Å². The Hall–Kier alpha value is -1.03. The number of nitrogens with two attached hydrogens (primary N) is 1. The molecule has 0 bridgehead atoms. The summed E-state index contributed by atoms with van der Waals surface area (Å²) in [5, 5.41) is 6.77. The number of rotatable bonds is 5. The average Bonchev–Trinajstić information content (AvgIpc) is 2.48. The standard InChI is InChI=1S/C9H18N4/c1-3-4-5-13(2)7-8-6-9(10)12-11-8/h6H,3-5,7H2,1-2H3,(H3,10,11,12). The second kappa shape index (κ2) is 4.87. The molecule has 0 atom stereocenters. The summed E-state index contributed by atoms with van der Waals surface area (Å²) in [7, 11) is 2.10. The summed E-state index contributed by atoms with van der Waals surface area (Å²) in [6.45, 7) is 4.21. The lowest BCUT2D eigenvalue weighted by Crippen LogP contribution is -2.19. The molecular formula is C9H18N4. The normalized spacial score (nSPS) is 11.0. The first kappa shape index (κ1) is 10.1. The van der Waals surface area contributed by atoms with Gasteiger partial charge in [-0.1, -0.05) is 13.3 Å². The Morgan fingerprint density at radius 3 is 2.92 bits per heavy atom. The molecule has 0 unspecified atom stereocenters. The smallest absolute Gasteiger partial charge is 0.145 e. The van der Waals surface area contributed by atoms with E-state index in [9.17, 15) is 0 Å². The van der Waals surface area contributed by atoms with Crippen LogP contribution in [0.2, 0.25) is 0 Å². The van der Waals surface area contributed by atoms with Crippen LogP contribution in [0.25, 0.3) is 0 Å². The fourth-order valence-corrected chi connectivity index (χ4v) is 1.26. The Kier molecular flexibility index (Phi) is 3.76. The monoisotopic (exact) mass is 182 g/mol. The van der Waals surface area contributed by atoms with E-state index in [0.717, 1.165) is 18.8 Å². The zero-order chi connectivity index (χ0) is 9.68. The van der Waals surface area contributed by atoms with E-state index in [2.05, 4.69) is 29.1 Å². The molecule has 1 aromatic heterocycles. The Bertz CT molecular complexity index is 244. The van der Waals surface area contributed by atoms with Gasteiger partial charge in [-0.2, -0.15) is 5.10 Å². The number of anilines is 1. The quantitative estimate of drug-likeness (QED) is 0.720. The van der Waals surface area contributed by atoms with E-state index in [1.165, 1.54) is 12.8 Å². The van der Waals surface area contributed by atoms with Crippen molar-refractivity contribution in [1.82, 2.24) is 15.1 Å². The van der Waals surface area contributed by atoms with E-state index in [4.69, 9.17) is 5.73 Å². The molecule has 1 rings (SSSR count). The van der Waals surface area contributed by atoms with Gasteiger partial charge in [0.15, 0.2) is 0 Å². The first-order valence-electron chi connectivity index (χ1n) is 4.70. The van der Waals surface area contributed by atoms with E-state index < -0.39 is 0 Å². The van der Waals surface area contributed by atoms with E-state index in [1.807, 2.05) is 6.07 Å². The van der Waals surface area contributed by atoms with Crippen molar-refractivity contribution in [2.75, 3.05) is 19.3 Å². The van der Waals surface area contributed by atoms with Gasteiger partial charge in [-0.05, 0) is 20.0 Å². The maximum Gasteiger partial charge on any atom is 0.145 e. The summed E-state index contributed by atoms with van der Waals surface area (Å²) in [6.07, 6.45) is 2.47. The molecule has 3 N–H and O–H groups in total. The summed E-state index contributed by atoms with van der Waals surface area (Å²) in [5.41, 5.74) is 6.57. The van der Waals surface area contributed by atoms with Gasteiger partial charge in [0, 0.05) is 12.6 Å². The maximum atomic E-state index is 5.49. The fourth-order valence-electron chi connectivity index (χ4n) is 1.26. The van der Waals surface area contributed by atoms with Crippen molar-refractivity contribution in [3.63, 3.8) is 0 Å². The van der Waals surface area contributed by atoms with Gasteiger partial charge in [-0.25, -0.2) is 0 Å². The van der Waals surface area contributed by atoms with Crippen molar-refractivity contribution in [3.05, 3.63) is 11.8 Å². The minimum Gasteiger partial charge on any atom is -0.382 e. The van der Waals surface area contributed by atoms with Crippen LogP contribution in [0.3, 0.4) is 0 Å². The molecule has 0 saturated carbocycles. The molecule has 4 heteroatoms. The third kappa shape index (κ3) is 3.46. The first-order chi connectivity index (χ1) is 6.22. The summed E-state index contributed by atoms with van der Waals surface area (Å²) in [4.78, 5) is 2.26. The molecule has 0 aromatic carbocycles. The Balaban J connectivity index is 2.31. The predicted octanol–water partition coefficient (Wildman–Crippen LogP) is 1.22. The highest BCUT2D eigenvalue weighted by molar-refractivity contribution is 5.28. The van der Waals surface area contributed by atoms with Crippen LogP contribution in [0, 0.1) is 0 Å². The van der Waals surface area contributed by atoms with Gasteiger partial charge in [0.2, 0.25) is 0 Å². The zero-order valence-electron chi connectivity index (χ0n) is 8.38. The van der Waals surface area contributed by atoms with Crippen molar-refractivity contribution in [3.8, 4) is 0 Å². The molecule has 0 saturated heterocycles. The van der Waals surface area contributed by atoms with Gasteiger partial charge in [0.25, 0.3) is 0 Å². The Morgan fingerprint density at radius 2 is 2.38 bits per heavy atom. The fraction of sp³-hybridized carbons (Fsp3) is 0.667. The van der Waals surface area contributed by atoms with Gasteiger partial charge in [-0.3, -0.25) is 5.10 Å². The van der Waals surface area contributed by atoms with Gasteiger partial charge in [0.1, 0.15) is 5.82 Å². The molecule has 13 heavy (non-hydrogen) atoms. The van der Waals surface area contributed by atoms with Crippen LogP contribution in [0.1, 0.15) is 25.5 Å². The van der Waals surface area contributed by atoms with E-state index >= 15 is 0 Å². The minimum absolute atomic E-state index is 0.568. The molecular weight excluding hydrogens is 164 g/mol.